The highest BCUT2D eigenvalue weighted by Gasteiger charge is 2.30. The Labute approximate surface area is 191 Å². The van der Waals surface area contributed by atoms with Crippen LogP contribution in [-0.2, 0) is 9.59 Å². The van der Waals surface area contributed by atoms with Gasteiger partial charge in [-0.3, -0.25) is 24.5 Å². The van der Waals surface area contributed by atoms with Crippen LogP contribution in [0.1, 0.15) is 31.8 Å². The van der Waals surface area contributed by atoms with Crippen molar-refractivity contribution in [2.24, 2.45) is 0 Å². The number of carbonyl (C=O) groups is 4. The van der Waals surface area contributed by atoms with E-state index < -0.39 is 16.8 Å². The van der Waals surface area contributed by atoms with Gasteiger partial charge in [0, 0.05) is 34.0 Å². The van der Waals surface area contributed by atoms with Crippen LogP contribution in [0.4, 0.5) is 17.1 Å². The molecule has 0 unspecified atom stereocenters. The fourth-order valence-corrected chi connectivity index (χ4v) is 4.05. The number of benzene rings is 3. The van der Waals surface area contributed by atoms with Gasteiger partial charge in [-0.15, -0.1) is 0 Å². The number of hydrogen-bond donors (Lipinski definition) is 1. The van der Waals surface area contributed by atoms with Gasteiger partial charge >= 0.3 is 5.97 Å². The van der Waals surface area contributed by atoms with Crippen LogP contribution in [0.3, 0.4) is 0 Å². The van der Waals surface area contributed by atoms with Gasteiger partial charge in [0.25, 0.3) is 5.69 Å². The fourth-order valence-electron chi connectivity index (χ4n) is 4.05. The van der Waals surface area contributed by atoms with Crippen molar-refractivity contribution in [1.29, 1.82) is 0 Å². The van der Waals surface area contributed by atoms with Gasteiger partial charge in [0.1, 0.15) is 6.54 Å². The molecule has 3 aromatic carbocycles. The number of carbonyl (C=O) groups excluding carboxylic acids is 4. The van der Waals surface area contributed by atoms with E-state index in [0.717, 1.165) is 6.07 Å². The lowest BCUT2D eigenvalue weighted by molar-refractivity contribution is -0.384. The number of hydrogen-bond acceptors (Lipinski definition) is 8. The van der Waals surface area contributed by atoms with Gasteiger partial charge < -0.3 is 15.0 Å². The molecule has 0 atom stereocenters. The monoisotopic (exact) mass is 457 g/mol. The number of rotatable bonds is 4. The number of non-ortho nitro benzene ring substituents is 1. The predicted molar refractivity (Wildman–Crippen MR) is 119 cm³/mol. The number of ether oxygens (including phenoxy) is 1. The third kappa shape index (κ3) is 3.56. The average molecular weight is 457 g/mol. The summed E-state index contributed by atoms with van der Waals surface area (Å²) in [5, 5.41) is 13.7. The summed E-state index contributed by atoms with van der Waals surface area (Å²) in [6, 6.07) is 14.8. The molecule has 5 rings (SSSR count). The first kappa shape index (κ1) is 21.0. The maximum Gasteiger partial charge on any atom is 0.331 e. The fraction of sp³-hybridized carbons (Fsp3) is 0.0833. The molecule has 10 nitrogen and oxygen atoms in total. The molecular weight excluding hydrogens is 442 g/mol. The van der Waals surface area contributed by atoms with Crippen molar-refractivity contribution in [3.05, 3.63) is 93.0 Å². The number of anilines is 2. The Kier molecular flexibility index (Phi) is 4.90. The zero-order valence-corrected chi connectivity index (χ0v) is 17.4. The minimum Gasteiger partial charge on any atom is -0.423 e. The Morgan fingerprint density at radius 3 is 2.32 bits per heavy atom. The second-order valence-corrected chi connectivity index (χ2v) is 7.75. The summed E-state index contributed by atoms with van der Waals surface area (Å²) in [5.74, 6) is -1.72. The second-order valence-electron chi connectivity index (χ2n) is 7.75. The average Bonchev–Trinajstić information content (AvgIpc) is 2.82. The summed E-state index contributed by atoms with van der Waals surface area (Å²) in [7, 11) is 0. The molecule has 0 saturated carbocycles. The van der Waals surface area contributed by atoms with Crippen LogP contribution in [0.25, 0.3) is 0 Å². The summed E-state index contributed by atoms with van der Waals surface area (Å²) in [6.07, 6.45) is 0. The van der Waals surface area contributed by atoms with Gasteiger partial charge in [-0.05, 0) is 24.3 Å². The number of nitrogens with one attached hydrogen (secondary N) is 1. The highest BCUT2D eigenvalue weighted by atomic mass is 16.6. The quantitative estimate of drug-likeness (QED) is 0.214. The molecule has 1 amide bonds. The van der Waals surface area contributed by atoms with Gasteiger partial charge in [-0.25, -0.2) is 4.79 Å². The number of nitro benzene ring substituents is 1. The van der Waals surface area contributed by atoms with Crippen molar-refractivity contribution in [2.75, 3.05) is 23.3 Å². The predicted octanol–water partition coefficient (Wildman–Crippen LogP) is 2.73. The standard InChI is InChI=1S/C24H15N3O7/c28-21(11-26-12-22(29)34-20-10-14(27(32)33)6-8-19(20)26)25-13-5-7-17-18(9-13)24(31)16-4-2-1-3-15(16)23(17)30/h1-10H,11-12H2,(H,25,28). The summed E-state index contributed by atoms with van der Waals surface area (Å²) < 4.78 is 5.08. The summed E-state index contributed by atoms with van der Waals surface area (Å²) in [5.41, 5.74) is 1.54. The highest BCUT2D eigenvalue weighted by Crippen LogP contribution is 2.35. The van der Waals surface area contributed by atoms with Gasteiger partial charge in [0.2, 0.25) is 5.91 Å². The van der Waals surface area contributed by atoms with Crippen LogP contribution in [0.5, 0.6) is 5.75 Å². The number of fused-ring (bicyclic) bond motifs is 3. The normalized spacial score (nSPS) is 14.0. The largest absolute Gasteiger partial charge is 0.423 e. The molecule has 1 heterocycles. The molecule has 1 N–H and O–H groups in total. The van der Waals surface area contributed by atoms with E-state index in [1.807, 2.05) is 0 Å². The van der Waals surface area contributed by atoms with Crippen molar-refractivity contribution >= 4 is 40.5 Å². The zero-order chi connectivity index (χ0) is 24.0. The molecule has 10 heteroatoms. The first-order chi connectivity index (χ1) is 16.3. The first-order valence-corrected chi connectivity index (χ1v) is 10.2. The summed E-state index contributed by atoms with van der Waals surface area (Å²) in [4.78, 5) is 62.1. The van der Waals surface area contributed by atoms with Crippen LogP contribution in [0, 0.1) is 10.1 Å². The summed E-state index contributed by atoms with van der Waals surface area (Å²) >= 11 is 0. The van der Waals surface area contributed by atoms with Crippen molar-refractivity contribution in [2.45, 2.75) is 0 Å². The number of nitrogens with zero attached hydrogens (tertiary/aromatic N) is 2. The van der Waals surface area contributed by atoms with Crippen molar-refractivity contribution in [3.8, 4) is 5.75 Å². The summed E-state index contributed by atoms with van der Waals surface area (Å²) in [6.45, 7) is -0.459. The Balaban J connectivity index is 1.36. The molecule has 0 bridgehead atoms. The Hall–Kier alpha value is -4.86. The van der Waals surface area contributed by atoms with Crippen molar-refractivity contribution < 1.29 is 28.8 Å². The van der Waals surface area contributed by atoms with Crippen LogP contribution >= 0.6 is 0 Å². The van der Waals surface area contributed by atoms with E-state index in [4.69, 9.17) is 4.74 Å². The van der Waals surface area contributed by atoms with Crippen molar-refractivity contribution in [1.82, 2.24) is 0 Å². The maximum absolute atomic E-state index is 12.9. The first-order valence-electron chi connectivity index (χ1n) is 10.2. The lowest BCUT2D eigenvalue weighted by Crippen LogP contribution is -2.41. The Bertz CT molecular complexity index is 1430. The molecule has 0 saturated heterocycles. The second kappa shape index (κ2) is 7.93. The lowest BCUT2D eigenvalue weighted by Gasteiger charge is -2.29. The highest BCUT2D eigenvalue weighted by molar-refractivity contribution is 6.28. The minimum absolute atomic E-state index is 0.00481. The molecular formula is C24H15N3O7. The molecule has 1 aliphatic carbocycles. The topological polar surface area (TPSA) is 136 Å². The zero-order valence-electron chi connectivity index (χ0n) is 17.4. The smallest absolute Gasteiger partial charge is 0.331 e. The van der Waals surface area contributed by atoms with Gasteiger partial charge in [-0.1, -0.05) is 24.3 Å². The van der Waals surface area contributed by atoms with E-state index in [-0.39, 0.29) is 47.2 Å². The van der Waals surface area contributed by atoms with Gasteiger partial charge in [0.05, 0.1) is 23.2 Å². The van der Waals surface area contributed by atoms with E-state index in [1.165, 1.54) is 35.2 Å². The molecule has 34 heavy (non-hydrogen) atoms. The van der Waals surface area contributed by atoms with Crippen LogP contribution < -0.4 is 15.0 Å². The van der Waals surface area contributed by atoms with E-state index in [1.54, 1.807) is 24.3 Å². The van der Waals surface area contributed by atoms with Gasteiger partial charge in [0.15, 0.2) is 17.3 Å². The Morgan fingerprint density at radius 1 is 0.941 bits per heavy atom. The third-order valence-electron chi connectivity index (χ3n) is 5.58. The van der Waals surface area contributed by atoms with E-state index in [9.17, 15) is 29.3 Å². The van der Waals surface area contributed by atoms with E-state index in [0.29, 0.717) is 22.5 Å². The molecule has 3 aromatic rings. The van der Waals surface area contributed by atoms with Crippen LogP contribution in [0.2, 0.25) is 0 Å². The molecule has 0 radical (unpaired) electrons. The molecule has 0 aromatic heterocycles. The van der Waals surface area contributed by atoms with Crippen molar-refractivity contribution in [3.63, 3.8) is 0 Å². The molecule has 0 fully saturated rings. The SMILES string of the molecule is O=C(CN1CC(=O)Oc2cc([N+](=O)[O-])ccc21)Nc1ccc2c(c1)C(=O)c1ccccc1C2=O. The number of nitro groups is 1. The lowest BCUT2D eigenvalue weighted by atomic mass is 9.84. The Morgan fingerprint density at radius 2 is 1.62 bits per heavy atom. The number of amides is 1. The van der Waals surface area contributed by atoms with E-state index >= 15 is 0 Å². The number of esters is 1. The van der Waals surface area contributed by atoms with Crippen LogP contribution in [0.15, 0.2) is 60.7 Å². The minimum atomic E-state index is -0.655. The molecule has 168 valence electrons. The third-order valence-corrected chi connectivity index (χ3v) is 5.58. The molecule has 0 spiro atoms. The van der Waals surface area contributed by atoms with E-state index in [2.05, 4.69) is 5.32 Å². The number of ketones is 2. The maximum atomic E-state index is 12.9. The molecule has 2 aliphatic rings. The van der Waals surface area contributed by atoms with Gasteiger partial charge in [-0.2, -0.15) is 0 Å². The molecule has 1 aliphatic heterocycles. The van der Waals surface area contributed by atoms with Crippen LogP contribution in [-0.4, -0.2) is 41.5 Å².